The Labute approximate surface area is 539 Å². The van der Waals surface area contributed by atoms with Gasteiger partial charge in [0.05, 0.1) is 33.6 Å². The summed E-state index contributed by atoms with van der Waals surface area (Å²) in [6, 6.07) is 118. The van der Waals surface area contributed by atoms with Crippen LogP contribution in [0.25, 0.3) is 0 Å². The lowest BCUT2D eigenvalue weighted by molar-refractivity contribution is 0.585. The number of hydrogen-bond acceptors (Lipinski definition) is 4. The SMILES string of the molecule is CC1(C)c2ccccc2P(=O)(c2ccccc2)c2cc(N3c4ccccc4C(c4ccccc4)(c4ccccc4)c4cc5c(cc43)C(c3ccccc3)(c3ccccc3)c3ccccc3N5c3ccc4c(c3)P(=O)(c3ccccc3)c3ccccc3C4(C)C)ccc21. The van der Waals surface area contributed by atoms with Crippen LogP contribution in [0.15, 0.2) is 328 Å². The molecule has 0 aliphatic carbocycles. The molecule has 2 unspecified atom stereocenters. The van der Waals surface area contributed by atoms with Crippen molar-refractivity contribution in [1.82, 2.24) is 0 Å². The Morgan fingerprint density at radius 1 is 0.239 bits per heavy atom. The molecule has 4 nitrogen and oxygen atoms in total. The highest BCUT2D eigenvalue weighted by molar-refractivity contribution is 7.86. The van der Waals surface area contributed by atoms with Crippen molar-refractivity contribution in [3.8, 4) is 0 Å². The highest BCUT2D eigenvalue weighted by Gasteiger charge is 2.54. The highest BCUT2D eigenvalue weighted by atomic mass is 31.2. The monoisotopic (exact) mass is 1220 g/mol. The highest BCUT2D eigenvalue weighted by Crippen LogP contribution is 2.65. The van der Waals surface area contributed by atoms with Crippen LogP contribution in [0.4, 0.5) is 34.1 Å². The van der Waals surface area contributed by atoms with Crippen molar-refractivity contribution in [3.63, 3.8) is 0 Å². The molecule has 2 atom stereocenters. The second-order valence-electron chi connectivity index (χ2n) is 26.1. The summed E-state index contributed by atoms with van der Waals surface area (Å²) in [5, 5.41) is 5.08. The first-order valence-electron chi connectivity index (χ1n) is 32.0. The lowest BCUT2D eigenvalue weighted by atomic mass is 9.59. The summed E-state index contributed by atoms with van der Waals surface area (Å²) in [5.74, 6) is 0. The molecule has 0 saturated carbocycles. The maximum atomic E-state index is 17.1. The Morgan fingerprint density at radius 2 is 0.511 bits per heavy atom. The summed E-state index contributed by atoms with van der Waals surface area (Å²) in [7, 11) is -7.02. The van der Waals surface area contributed by atoms with E-state index in [2.05, 4.69) is 317 Å². The zero-order chi connectivity index (χ0) is 62.2. The zero-order valence-electron chi connectivity index (χ0n) is 51.8. The molecule has 442 valence electrons. The van der Waals surface area contributed by atoms with Crippen LogP contribution in [0, 0.1) is 0 Å². The number of hydrogen-bond donors (Lipinski definition) is 0. The molecule has 17 rings (SSSR count). The minimum Gasteiger partial charge on any atom is -0.310 e. The largest absolute Gasteiger partial charge is 0.310 e. The van der Waals surface area contributed by atoms with E-state index in [1.165, 1.54) is 0 Å². The molecule has 0 amide bonds. The van der Waals surface area contributed by atoms with Gasteiger partial charge in [-0.1, -0.05) is 307 Å². The minimum absolute atomic E-state index is 0.466. The van der Waals surface area contributed by atoms with Crippen LogP contribution < -0.4 is 41.6 Å². The lowest BCUT2D eigenvalue weighted by Crippen LogP contribution is -2.43. The van der Waals surface area contributed by atoms with E-state index in [0.29, 0.717) is 0 Å². The van der Waals surface area contributed by atoms with Crippen molar-refractivity contribution < 1.29 is 9.13 Å². The second-order valence-corrected chi connectivity index (χ2v) is 31.5. The van der Waals surface area contributed by atoms with Crippen molar-refractivity contribution in [1.29, 1.82) is 0 Å². The number of fused-ring (bicyclic) bond motifs is 8. The summed E-state index contributed by atoms with van der Waals surface area (Å²) < 4.78 is 34.2. The molecule has 0 fully saturated rings. The van der Waals surface area contributed by atoms with E-state index in [1.807, 2.05) is 48.5 Å². The summed E-state index contributed by atoms with van der Waals surface area (Å²) in [6.07, 6.45) is 0. The third-order valence-corrected chi connectivity index (χ3v) is 27.2. The fourth-order valence-corrected chi connectivity index (χ4v) is 23.6. The Balaban J connectivity index is 1.03. The topological polar surface area (TPSA) is 40.6 Å². The third kappa shape index (κ3) is 7.60. The molecule has 92 heavy (non-hydrogen) atoms. The van der Waals surface area contributed by atoms with Gasteiger partial charge in [0.1, 0.15) is 0 Å². The van der Waals surface area contributed by atoms with Crippen LogP contribution in [-0.2, 0) is 30.8 Å². The normalized spacial score (nSPS) is 18.7. The molecule has 4 aliphatic heterocycles. The van der Waals surface area contributed by atoms with Gasteiger partial charge < -0.3 is 18.9 Å². The van der Waals surface area contributed by atoms with E-state index in [1.54, 1.807) is 0 Å². The van der Waals surface area contributed by atoms with E-state index in [-0.39, 0.29) is 0 Å². The lowest BCUT2D eigenvalue weighted by Gasteiger charge is -2.51. The van der Waals surface area contributed by atoms with Gasteiger partial charge in [0.2, 0.25) is 0 Å². The minimum atomic E-state index is -3.51. The van der Waals surface area contributed by atoms with Crippen LogP contribution in [0.2, 0.25) is 0 Å². The number of rotatable bonds is 8. The molecule has 4 heterocycles. The smallest absolute Gasteiger partial charge is 0.171 e. The van der Waals surface area contributed by atoms with Crippen molar-refractivity contribution in [3.05, 3.63) is 394 Å². The fourth-order valence-electron chi connectivity index (χ4n) is 16.8. The average molecular weight is 1220 g/mol. The quantitative estimate of drug-likeness (QED) is 0.142. The molecule has 13 aromatic carbocycles. The molecule has 13 aromatic rings. The van der Waals surface area contributed by atoms with Crippen LogP contribution >= 0.6 is 14.3 Å². The third-order valence-electron chi connectivity index (χ3n) is 20.9. The summed E-state index contributed by atoms with van der Waals surface area (Å²) in [4.78, 5) is 4.97. The Hall–Kier alpha value is -10.1. The summed E-state index contributed by atoms with van der Waals surface area (Å²) >= 11 is 0. The molecule has 0 bridgehead atoms. The number of anilines is 6. The molecule has 6 heteroatoms. The molecular weight excluding hydrogens is 1150 g/mol. The van der Waals surface area contributed by atoms with E-state index in [0.717, 1.165) is 133 Å². The van der Waals surface area contributed by atoms with Gasteiger partial charge in [0, 0.05) is 54.0 Å². The number of benzene rings is 13. The first kappa shape index (κ1) is 55.9. The second kappa shape index (κ2) is 20.7. The van der Waals surface area contributed by atoms with Gasteiger partial charge in [-0.15, -0.1) is 0 Å². The Bertz CT molecular complexity index is 4780. The van der Waals surface area contributed by atoms with Gasteiger partial charge in [0.15, 0.2) is 14.3 Å². The van der Waals surface area contributed by atoms with Crippen molar-refractivity contribution in [2.24, 2.45) is 0 Å². The number of nitrogens with zero attached hydrogens (tertiary/aromatic N) is 2. The average Bonchev–Trinajstić information content (AvgIpc) is 0.682. The van der Waals surface area contributed by atoms with E-state index in [9.17, 15) is 0 Å². The summed E-state index contributed by atoms with van der Waals surface area (Å²) in [5.41, 5.74) is 16.2. The summed E-state index contributed by atoms with van der Waals surface area (Å²) in [6.45, 7) is 9.13. The standard InChI is InChI=1S/C86H66N2O2P2/c1-83(2)69-45-25-29-49-79(69)91(89,65-39-19-9-20-40-65)81-55-63(51-53-71(81)83)87-75-47-27-23-43-67(75)85(59-31-11-5-12-32-59,60-33-13-6-14-34-60)73-58-78-74(57-77(73)87)86(61-35-15-7-16-36-61,62-37-17-8-18-38-62)68-44-24-28-48-76(68)88(78)64-52-54-72-82(56-64)92(90,66-41-21-10-22-42-66)80-50-30-26-46-70(80)84(72,3)4/h5-58H,1-4H3. The van der Waals surface area contributed by atoms with Crippen molar-refractivity contribution in [2.45, 2.75) is 49.4 Å². The first-order chi connectivity index (χ1) is 44.9. The van der Waals surface area contributed by atoms with Crippen LogP contribution in [-0.4, -0.2) is 0 Å². The Kier molecular flexibility index (Phi) is 12.6. The molecule has 4 aliphatic rings. The van der Waals surface area contributed by atoms with Crippen LogP contribution in [0.1, 0.15) is 94.5 Å². The van der Waals surface area contributed by atoms with E-state index >= 15 is 9.13 Å². The van der Waals surface area contributed by atoms with Crippen LogP contribution in [0.5, 0.6) is 0 Å². The maximum absolute atomic E-state index is 17.1. The maximum Gasteiger partial charge on any atom is 0.171 e. The van der Waals surface area contributed by atoms with Crippen molar-refractivity contribution in [2.75, 3.05) is 9.80 Å². The van der Waals surface area contributed by atoms with Gasteiger partial charge in [-0.05, 0) is 115 Å². The molecule has 0 spiro atoms. The predicted molar refractivity (Wildman–Crippen MR) is 383 cm³/mol. The van der Waals surface area contributed by atoms with E-state index < -0.39 is 35.9 Å². The van der Waals surface area contributed by atoms with E-state index in [4.69, 9.17) is 0 Å². The molecule has 0 radical (unpaired) electrons. The van der Waals surface area contributed by atoms with Gasteiger partial charge in [-0.3, -0.25) is 0 Å². The van der Waals surface area contributed by atoms with Gasteiger partial charge in [-0.2, -0.15) is 0 Å². The first-order valence-corrected chi connectivity index (χ1v) is 35.4. The molecule has 0 saturated heterocycles. The van der Waals surface area contributed by atoms with Gasteiger partial charge in [-0.25, -0.2) is 0 Å². The van der Waals surface area contributed by atoms with Gasteiger partial charge >= 0.3 is 0 Å². The van der Waals surface area contributed by atoms with Crippen LogP contribution in [0.3, 0.4) is 0 Å². The predicted octanol–water partition coefficient (Wildman–Crippen LogP) is 18.6. The van der Waals surface area contributed by atoms with Crippen molar-refractivity contribution >= 4 is 80.2 Å². The molecule has 0 aromatic heterocycles. The molecule has 0 N–H and O–H groups in total. The van der Waals surface area contributed by atoms with Gasteiger partial charge in [0.25, 0.3) is 0 Å². The fraction of sp³-hybridized carbons (Fsp3) is 0.0930. The zero-order valence-corrected chi connectivity index (χ0v) is 53.6. The number of para-hydroxylation sites is 2. The Morgan fingerprint density at radius 3 is 0.848 bits per heavy atom. The molecular formula is C86H66N2O2P2.